The number of hydrogen-bond donors (Lipinski definition) is 1. The van der Waals surface area contributed by atoms with Crippen LogP contribution in [0.1, 0.15) is 24.5 Å². The predicted octanol–water partition coefficient (Wildman–Crippen LogP) is 3.74. The Morgan fingerprint density at radius 3 is 2.82 bits per heavy atom. The fourth-order valence-corrected chi connectivity index (χ4v) is 2.91. The minimum absolute atomic E-state index is 0.945. The Balaban J connectivity index is 2.51. The third-order valence-corrected chi connectivity index (χ3v) is 3.94. The fraction of sp³-hybridized carbons (Fsp3) is 0.462. The fourth-order valence-electron chi connectivity index (χ4n) is 1.85. The van der Waals surface area contributed by atoms with Crippen LogP contribution in [0.2, 0.25) is 0 Å². The summed E-state index contributed by atoms with van der Waals surface area (Å²) >= 11 is 1.71. The monoisotopic (exact) mass is 250 g/mol. The summed E-state index contributed by atoms with van der Waals surface area (Å²) in [5.41, 5.74) is 3.44. The molecule has 1 heterocycles. The van der Waals surface area contributed by atoms with Gasteiger partial charge in [0.25, 0.3) is 0 Å². The molecule has 0 spiro atoms. The van der Waals surface area contributed by atoms with E-state index < -0.39 is 0 Å². The summed E-state index contributed by atoms with van der Waals surface area (Å²) in [6.07, 6.45) is 1.11. The number of thiazole rings is 1. The molecule has 2 rings (SSSR count). The van der Waals surface area contributed by atoms with Crippen molar-refractivity contribution in [3.05, 3.63) is 17.2 Å². The van der Waals surface area contributed by atoms with Crippen LogP contribution in [0.3, 0.4) is 0 Å². The van der Waals surface area contributed by atoms with Gasteiger partial charge in [0.1, 0.15) is 5.75 Å². The van der Waals surface area contributed by atoms with Crippen LogP contribution in [0, 0.1) is 13.8 Å². The standard InChI is InChI=1S/C13H18N2OS/c1-5-6-14-13-15-11-8(2)7-10(16-4)9(3)12(11)17-13/h7H,5-6H2,1-4H3,(H,14,15). The highest BCUT2D eigenvalue weighted by atomic mass is 32.1. The molecule has 3 nitrogen and oxygen atoms in total. The molecule has 0 aliphatic rings. The Kier molecular flexibility index (Phi) is 3.52. The van der Waals surface area contributed by atoms with Crippen molar-refractivity contribution in [1.82, 2.24) is 4.98 Å². The second-order valence-electron chi connectivity index (χ2n) is 4.14. The molecule has 1 aromatic heterocycles. The minimum Gasteiger partial charge on any atom is -0.496 e. The van der Waals surface area contributed by atoms with Gasteiger partial charge in [-0.3, -0.25) is 0 Å². The van der Waals surface area contributed by atoms with E-state index in [4.69, 9.17) is 4.74 Å². The Morgan fingerprint density at radius 2 is 2.18 bits per heavy atom. The van der Waals surface area contributed by atoms with Crippen molar-refractivity contribution < 1.29 is 4.74 Å². The number of hydrogen-bond acceptors (Lipinski definition) is 4. The second-order valence-corrected chi connectivity index (χ2v) is 5.14. The van der Waals surface area contributed by atoms with Crippen LogP contribution in [-0.2, 0) is 0 Å². The minimum atomic E-state index is 0.945. The SMILES string of the molecule is CCCNc1nc2c(C)cc(OC)c(C)c2s1. The third-order valence-electron chi connectivity index (χ3n) is 2.80. The summed E-state index contributed by atoms with van der Waals surface area (Å²) < 4.78 is 6.61. The zero-order chi connectivity index (χ0) is 12.4. The highest BCUT2D eigenvalue weighted by molar-refractivity contribution is 7.22. The number of nitrogens with zero attached hydrogens (tertiary/aromatic N) is 1. The molecule has 0 bridgehead atoms. The van der Waals surface area contributed by atoms with Crippen LogP contribution >= 0.6 is 11.3 Å². The molecule has 0 aliphatic carbocycles. The van der Waals surface area contributed by atoms with Gasteiger partial charge < -0.3 is 10.1 Å². The molecule has 0 aliphatic heterocycles. The Bertz CT molecular complexity index is 534. The maximum absolute atomic E-state index is 5.38. The number of ether oxygens (including phenoxy) is 1. The number of fused-ring (bicyclic) bond motifs is 1. The topological polar surface area (TPSA) is 34.2 Å². The number of aryl methyl sites for hydroxylation is 2. The van der Waals surface area contributed by atoms with Gasteiger partial charge in [-0.05, 0) is 31.9 Å². The van der Waals surface area contributed by atoms with Gasteiger partial charge in [-0.15, -0.1) is 0 Å². The molecule has 0 unspecified atom stereocenters. The number of anilines is 1. The third kappa shape index (κ3) is 2.22. The molecule has 0 radical (unpaired) electrons. The molecule has 0 saturated carbocycles. The molecule has 17 heavy (non-hydrogen) atoms. The molecule has 0 fully saturated rings. The summed E-state index contributed by atoms with van der Waals surface area (Å²) in [5.74, 6) is 0.945. The lowest BCUT2D eigenvalue weighted by Gasteiger charge is -2.06. The molecule has 0 atom stereocenters. The Labute approximate surface area is 106 Å². The first-order valence-electron chi connectivity index (χ1n) is 5.86. The van der Waals surface area contributed by atoms with Gasteiger partial charge in [0.15, 0.2) is 5.13 Å². The van der Waals surface area contributed by atoms with E-state index in [1.54, 1.807) is 18.4 Å². The molecule has 0 amide bonds. The first kappa shape index (κ1) is 12.2. The number of aromatic nitrogens is 1. The van der Waals surface area contributed by atoms with Gasteiger partial charge >= 0.3 is 0 Å². The van der Waals surface area contributed by atoms with Crippen molar-refractivity contribution >= 4 is 26.7 Å². The summed E-state index contributed by atoms with van der Waals surface area (Å²) in [4.78, 5) is 4.64. The van der Waals surface area contributed by atoms with Crippen molar-refractivity contribution in [2.24, 2.45) is 0 Å². The molecule has 4 heteroatoms. The van der Waals surface area contributed by atoms with Gasteiger partial charge in [0.05, 0.1) is 17.3 Å². The average molecular weight is 250 g/mol. The van der Waals surface area contributed by atoms with E-state index >= 15 is 0 Å². The van der Waals surface area contributed by atoms with E-state index in [-0.39, 0.29) is 0 Å². The van der Waals surface area contributed by atoms with E-state index in [0.29, 0.717) is 0 Å². The highest BCUT2D eigenvalue weighted by Gasteiger charge is 2.12. The summed E-state index contributed by atoms with van der Waals surface area (Å²) in [6, 6.07) is 2.06. The van der Waals surface area contributed by atoms with Gasteiger partial charge in [0.2, 0.25) is 0 Å². The predicted molar refractivity (Wildman–Crippen MR) is 74.4 cm³/mol. The van der Waals surface area contributed by atoms with Gasteiger partial charge in [0, 0.05) is 12.1 Å². The second kappa shape index (κ2) is 4.92. The number of rotatable bonds is 4. The summed E-state index contributed by atoms with van der Waals surface area (Å²) in [5, 5.41) is 4.34. The molecule has 1 N–H and O–H groups in total. The van der Waals surface area contributed by atoms with Crippen LogP contribution < -0.4 is 10.1 Å². The first-order chi connectivity index (χ1) is 8.17. The molecule has 0 saturated heterocycles. The summed E-state index contributed by atoms with van der Waals surface area (Å²) in [6.45, 7) is 7.28. The normalized spacial score (nSPS) is 10.8. The van der Waals surface area contributed by atoms with Gasteiger partial charge in [-0.25, -0.2) is 4.98 Å². The molecule has 1 aromatic carbocycles. The zero-order valence-corrected chi connectivity index (χ0v) is 11.6. The first-order valence-corrected chi connectivity index (χ1v) is 6.67. The zero-order valence-electron chi connectivity index (χ0n) is 10.8. The molecular weight excluding hydrogens is 232 g/mol. The van der Waals surface area contributed by atoms with Crippen LogP contribution in [-0.4, -0.2) is 18.6 Å². The lowest BCUT2D eigenvalue weighted by Crippen LogP contribution is -1.98. The van der Waals surface area contributed by atoms with Gasteiger partial charge in [-0.2, -0.15) is 0 Å². The average Bonchev–Trinajstić information content (AvgIpc) is 2.76. The van der Waals surface area contributed by atoms with Crippen molar-refractivity contribution in [2.75, 3.05) is 19.0 Å². The number of methoxy groups -OCH3 is 1. The van der Waals surface area contributed by atoms with Crippen LogP contribution in [0.15, 0.2) is 6.07 Å². The van der Waals surface area contributed by atoms with Crippen LogP contribution in [0.4, 0.5) is 5.13 Å². The van der Waals surface area contributed by atoms with E-state index in [1.807, 2.05) is 0 Å². The smallest absolute Gasteiger partial charge is 0.183 e. The maximum atomic E-state index is 5.38. The van der Waals surface area contributed by atoms with E-state index in [2.05, 4.69) is 37.1 Å². The number of benzene rings is 1. The van der Waals surface area contributed by atoms with Crippen molar-refractivity contribution in [2.45, 2.75) is 27.2 Å². The quantitative estimate of drug-likeness (QED) is 0.897. The van der Waals surface area contributed by atoms with E-state index in [0.717, 1.165) is 29.4 Å². The Morgan fingerprint density at radius 1 is 1.41 bits per heavy atom. The maximum Gasteiger partial charge on any atom is 0.183 e. The lowest BCUT2D eigenvalue weighted by molar-refractivity contribution is 0.412. The molecular formula is C13H18N2OS. The molecule has 92 valence electrons. The van der Waals surface area contributed by atoms with Crippen molar-refractivity contribution in [3.8, 4) is 5.75 Å². The van der Waals surface area contributed by atoms with Gasteiger partial charge in [-0.1, -0.05) is 18.3 Å². The largest absolute Gasteiger partial charge is 0.496 e. The lowest BCUT2D eigenvalue weighted by atomic mass is 10.1. The van der Waals surface area contributed by atoms with Crippen molar-refractivity contribution in [1.29, 1.82) is 0 Å². The highest BCUT2D eigenvalue weighted by Crippen LogP contribution is 2.35. The van der Waals surface area contributed by atoms with Crippen LogP contribution in [0.5, 0.6) is 5.75 Å². The molecule has 2 aromatic rings. The van der Waals surface area contributed by atoms with E-state index in [9.17, 15) is 0 Å². The van der Waals surface area contributed by atoms with Crippen molar-refractivity contribution in [3.63, 3.8) is 0 Å². The summed E-state index contributed by atoms with van der Waals surface area (Å²) in [7, 11) is 1.71. The van der Waals surface area contributed by atoms with Crippen LogP contribution in [0.25, 0.3) is 10.2 Å². The van der Waals surface area contributed by atoms with E-state index in [1.165, 1.54) is 15.8 Å². The Hall–Kier alpha value is -1.29. The number of nitrogens with one attached hydrogen (secondary N) is 1.